The van der Waals surface area contributed by atoms with Crippen molar-refractivity contribution in [2.24, 2.45) is 0 Å². The van der Waals surface area contributed by atoms with Gasteiger partial charge in [0.15, 0.2) is 11.6 Å². The minimum atomic E-state index is -0.801. The van der Waals surface area contributed by atoms with Crippen molar-refractivity contribution in [2.75, 3.05) is 19.6 Å². The molecule has 1 aliphatic heterocycles. The second-order valence-electron chi connectivity index (χ2n) is 10.5. The van der Waals surface area contributed by atoms with E-state index in [0.29, 0.717) is 12.1 Å². The smallest absolute Gasteiger partial charge is 0.163 e. The second kappa shape index (κ2) is 12.6. The molecule has 1 aliphatic rings. The Hall–Kier alpha value is -3.09. The Kier molecular flexibility index (Phi) is 8.82. The number of nitrogens with one attached hydrogen (secondary N) is 1. The summed E-state index contributed by atoms with van der Waals surface area (Å²) in [5.74, 6) is -0.695. The molecule has 5 rings (SSSR count). The van der Waals surface area contributed by atoms with Gasteiger partial charge >= 0.3 is 0 Å². The van der Waals surface area contributed by atoms with Crippen LogP contribution >= 0.6 is 0 Å². The van der Waals surface area contributed by atoms with Crippen molar-refractivity contribution in [3.8, 4) is 0 Å². The molecule has 2 heterocycles. The van der Waals surface area contributed by atoms with Crippen LogP contribution in [0.3, 0.4) is 0 Å². The quantitative estimate of drug-likeness (QED) is 0.225. The summed E-state index contributed by atoms with van der Waals surface area (Å²) in [6.07, 6.45) is 6.55. The van der Waals surface area contributed by atoms with Gasteiger partial charge in [0, 0.05) is 18.7 Å². The monoisotopic (exact) mass is 516 g/mol. The molecule has 38 heavy (non-hydrogen) atoms. The molecule has 4 aromatic rings. The lowest BCUT2D eigenvalue weighted by molar-refractivity contribution is 0.173. The Morgan fingerprint density at radius 1 is 0.895 bits per heavy atom. The third-order valence-corrected chi connectivity index (χ3v) is 7.74. The zero-order valence-electron chi connectivity index (χ0n) is 22.3. The predicted octanol–water partition coefficient (Wildman–Crippen LogP) is 7.41. The summed E-state index contributed by atoms with van der Waals surface area (Å²) in [5, 5.41) is 0. The maximum absolute atomic E-state index is 14.8. The first-order valence-corrected chi connectivity index (χ1v) is 14.0. The Balaban J connectivity index is 1.52. The molecular weight excluding hydrogens is 478 g/mol. The molecule has 200 valence electrons. The summed E-state index contributed by atoms with van der Waals surface area (Å²) in [6.45, 7) is 6.47. The lowest BCUT2D eigenvalue weighted by Crippen LogP contribution is -2.33. The molecule has 0 radical (unpaired) electrons. The Morgan fingerprint density at radius 2 is 1.63 bits per heavy atom. The molecule has 1 N–H and O–H groups in total. The molecule has 1 aromatic heterocycles. The first-order valence-electron chi connectivity index (χ1n) is 14.0. The molecule has 1 atom stereocenters. The molecule has 0 spiro atoms. The van der Waals surface area contributed by atoms with Gasteiger partial charge in [-0.2, -0.15) is 0 Å². The third kappa shape index (κ3) is 6.30. The number of para-hydroxylation sites is 2. The van der Waals surface area contributed by atoms with Gasteiger partial charge < -0.3 is 4.98 Å². The summed E-state index contributed by atoms with van der Waals surface area (Å²) in [5.41, 5.74) is 4.90. The maximum Gasteiger partial charge on any atom is 0.163 e. The van der Waals surface area contributed by atoms with Crippen LogP contribution in [0.25, 0.3) is 11.0 Å². The van der Waals surface area contributed by atoms with E-state index in [1.165, 1.54) is 36.5 Å². The van der Waals surface area contributed by atoms with Gasteiger partial charge in [-0.25, -0.2) is 13.8 Å². The van der Waals surface area contributed by atoms with Gasteiger partial charge in [0.05, 0.1) is 17.1 Å². The summed E-state index contributed by atoms with van der Waals surface area (Å²) in [7, 11) is 0. The summed E-state index contributed by atoms with van der Waals surface area (Å²) >= 11 is 0. The zero-order valence-corrected chi connectivity index (χ0v) is 22.3. The standard InChI is InChI=1S/C32H38F2N4/c1-2-3-20-38(23-26-14-11-15-27(33)31(26)34)30(32-35-28-16-7-8-17-29(28)36-32)21-24-12-5-6-13-25(24)22-37-18-9-4-10-19-37/h5-8,11-17,30H,2-4,9-10,18-23H2,1H3,(H,35,36). The van der Waals surface area contributed by atoms with E-state index in [9.17, 15) is 8.78 Å². The van der Waals surface area contributed by atoms with Crippen molar-refractivity contribution in [1.82, 2.24) is 19.8 Å². The van der Waals surface area contributed by atoms with Crippen LogP contribution in [0.2, 0.25) is 0 Å². The molecule has 1 unspecified atom stereocenters. The van der Waals surface area contributed by atoms with Crippen LogP contribution in [0.4, 0.5) is 8.78 Å². The van der Waals surface area contributed by atoms with Gasteiger partial charge in [-0.3, -0.25) is 9.80 Å². The van der Waals surface area contributed by atoms with Crippen molar-refractivity contribution in [3.63, 3.8) is 0 Å². The van der Waals surface area contributed by atoms with Gasteiger partial charge in [-0.15, -0.1) is 0 Å². The van der Waals surface area contributed by atoms with Crippen molar-refractivity contribution >= 4 is 11.0 Å². The van der Waals surface area contributed by atoms with E-state index in [4.69, 9.17) is 4.98 Å². The minimum Gasteiger partial charge on any atom is -0.341 e. The normalized spacial score (nSPS) is 15.4. The van der Waals surface area contributed by atoms with Gasteiger partial charge in [0.1, 0.15) is 5.82 Å². The SMILES string of the molecule is CCCCN(Cc1cccc(F)c1F)C(Cc1ccccc1CN1CCCCC1)c1nc2ccccc2[nH]1. The fourth-order valence-corrected chi connectivity index (χ4v) is 5.60. The number of aromatic amines is 1. The van der Waals surface area contributed by atoms with E-state index >= 15 is 0 Å². The molecular formula is C32H38F2N4. The number of hydrogen-bond acceptors (Lipinski definition) is 3. The topological polar surface area (TPSA) is 35.2 Å². The van der Waals surface area contributed by atoms with Crippen LogP contribution in [-0.4, -0.2) is 39.4 Å². The summed E-state index contributed by atoms with van der Waals surface area (Å²) < 4.78 is 29.0. The van der Waals surface area contributed by atoms with Gasteiger partial charge in [0.2, 0.25) is 0 Å². The highest BCUT2D eigenvalue weighted by Crippen LogP contribution is 2.30. The first kappa shape index (κ1) is 26.5. The minimum absolute atomic E-state index is 0.112. The molecule has 3 aromatic carbocycles. The summed E-state index contributed by atoms with van der Waals surface area (Å²) in [4.78, 5) is 13.4. The average molecular weight is 517 g/mol. The van der Waals surface area contributed by atoms with E-state index in [1.807, 2.05) is 24.3 Å². The van der Waals surface area contributed by atoms with Crippen LogP contribution in [-0.2, 0) is 19.5 Å². The zero-order chi connectivity index (χ0) is 26.3. The number of halogens is 2. The number of benzene rings is 3. The van der Waals surface area contributed by atoms with Gasteiger partial charge in [0.25, 0.3) is 0 Å². The molecule has 0 bridgehead atoms. The van der Waals surface area contributed by atoms with Gasteiger partial charge in [-0.1, -0.05) is 68.3 Å². The van der Waals surface area contributed by atoms with Crippen LogP contribution < -0.4 is 0 Å². The lowest BCUT2D eigenvalue weighted by atomic mass is 9.97. The van der Waals surface area contributed by atoms with E-state index < -0.39 is 11.6 Å². The Bertz CT molecular complexity index is 1300. The number of likely N-dealkylation sites (tertiary alicyclic amines) is 1. The molecule has 1 fully saturated rings. The Labute approximate surface area is 224 Å². The summed E-state index contributed by atoms with van der Waals surface area (Å²) in [6, 6.07) is 21.1. The molecule has 1 saturated heterocycles. The second-order valence-corrected chi connectivity index (χ2v) is 10.5. The number of imidazole rings is 1. The number of unbranched alkanes of at least 4 members (excludes halogenated alkanes) is 1. The van der Waals surface area contributed by atoms with Crippen molar-refractivity contribution < 1.29 is 8.78 Å². The number of hydrogen-bond donors (Lipinski definition) is 1. The van der Waals surface area contributed by atoms with E-state index in [-0.39, 0.29) is 6.04 Å². The highest BCUT2D eigenvalue weighted by atomic mass is 19.2. The molecule has 4 nitrogen and oxygen atoms in total. The van der Waals surface area contributed by atoms with Gasteiger partial charge in [-0.05, 0) is 74.6 Å². The maximum atomic E-state index is 14.8. The molecule has 0 amide bonds. The van der Waals surface area contributed by atoms with E-state index in [1.54, 1.807) is 12.1 Å². The van der Waals surface area contributed by atoms with Crippen LogP contribution in [0.15, 0.2) is 66.7 Å². The average Bonchev–Trinajstić information content (AvgIpc) is 3.38. The third-order valence-electron chi connectivity index (χ3n) is 7.74. The number of rotatable bonds is 11. The molecule has 0 aliphatic carbocycles. The van der Waals surface area contributed by atoms with Crippen molar-refractivity contribution in [2.45, 2.75) is 64.6 Å². The molecule has 6 heteroatoms. The lowest BCUT2D eigenvalue weighted by Gasteiger charge is -2.32. The number of aromatic nitrogens is 2. The largest absolute Gasteiger partial charge is 0.341 e. The number of H-pyrrole nitrogens is 1. The van der Waals surface area contributed by atoms with Crippen molar-refractivity contribution in [3.05, 3.63) is 101 Å². The number of nitrogens with zero attached hydrogens (tertiary/aromatic N) is 3. The number of piperidine rings is 1. The predicted molar refractivity (Wildman–Crippen MR) is 150 cm³/mol. The highest BCUT2D eigenvalue weighted by molar-refractivity contribution is 5.74. The first-order chi connectivity index (χ1) is 18.6. The Morgan fingerprint density at radius 3 is 2.42 bits per heavy atom. The number of fused-ring (bicyclic) bond motifs is 1. The van der Waals surface area contributed by atoms with Crippen LogP contribution in [0.1, 0.15) is 67.6 Å². The molecule has 0 saturated carbocycles. The van der Waals surface area contributed by atoms with Crippen LogP contribution in [0, 0.1) is 11.6 Å². The fraction of sp³-hybridized carbons (Fsp3) is 0.406. The fourth-order valence-electron chi connectivity index (χ4n) is 5.60. The van der Waals surface area contributed by atoms with E-state index in [0.717, 1.165) is 62.3 Å². The van der Waals surface area contributed by atoms with Crippen molar-refractivity contribution in [1.29, 1.82) is 0 Å². The van der Waals surface area contributed by atoms with Crippen LogP contribution in [0.5, 0.6) is 0 Å². The van der Waals surface area contributed by atoms with E-state index in [2.05, 4.69) is 46.0 Å². The highest BCUT2D eigenvalue weighted by Gasteiger charge is 2.26.